The number of anilines is 1. The average Bonchev–Trinajstić information content (AvgIpc) is 3.35. The van der Waals surface area contributed by atoms with Gasteiger partial charge in [0.2, 0.25) is 5.95 Å². The van der Waals surface area contributed by atoms with E-state index in [1.54, 1.807) is 6.20 Å². The molecule has 0 radical (unpaired) electrons. The number of rotatable bonds is 8. The normalized spacial score (nSPS) is 12.2. The van der Waals surface area contributed by atoms with Gasteiger partial charge in [-0.1, -0.05) is 50.0 Å². The Bertz CT molecular complexity index is 1390. The summed E-state index contributed by atoms with van der Waals surface area (Å²) in [6.07, 6.45) is 1.15. The van der Waals surface area contributed by atoms with E-state index in [2.05, 4.69) is 72.5 Å². The summed E-state index contributed by atoms with van der Waals surface area (Å²) in [4.78, 5) is 24.8. The first-order chi connectivity index (χ1) is 17.4. The van der Waals surface area contributed by atoms with Crippen LogP contribution in [0.2, 0.25) is 25.7 Å². The molecule has 3 heterocycles. The molecule has 0 aliphatic heterocycles. The van der Waals surface area contributed by atoms with Crippen molar-refractivity contribution in [2.24, 2.45) is 0 Å². The maximum absolute atomic E-state index is 12.3. The van der Waals surface area contributed by atoms with Crippen LogP contribution >= 0.6 is 15.9 Å². The molecule has 0 aliphatic carbocycles. The smallest absolute Gasteiger partial charge is 0.414 e. The Labute approximate surface area is 226 Å². The van der Waals surface area contributed by atoms with Crippen molar-refractivity contribution in [2.75, 3.05) is 11.9 Å². The van der Waals surface area contributed by atoms with Crippen molar-refractivity contribution in [3.05, 3.63) is 53.1 Å². The van der Waals surface area contributed by atoms with Crippen LogP contribution in [0.4, 0.5) is 10.7 Å². The molecule has 0 bridgehead atoms. The molecule has 0 saturated carbocycles. The number of amides is 1. The highest BCUT2D eigenvalue weighted by atomic mass is 79.9. The zero-order valence-corrected chi connectivity index (χ0v) is 24.8. The lowest BCUT2D eigenvalue weighted by Crippen LogP contribution is -2.27. The third kappa shape index (κ3) is 6.88. The van der Waals surface area contributed by atoms with Gasteiger partial charge in [0.15, 0.2) is 0 Å². The van der Waals surface area contributed by atoms with Crippen LogP contribution < -0.4 is 5.32 Å². The number of nitrogens with one attached hydrogen (secondary N) is 2. The van der Waals surface area contributed by atoms with Crippen molar-refractivity contribution < 1.29 is 14.3 Å². The number of aromatic amines is 1. The summed E-state index contributed by atoms with van der Waals surface area (Å²) >= 11 is 3.77. The first-order valence-corrected chi connectivity index (χ1v) is 16.8. The van der Waals surface area contributed by atoms with Gasteiger partial charge < -0.3 is 19.0 Å². The molecular formula is C27H34BrN5O3Si. The molecule has 0 aliphatic rings. The summed E-state index contributed by atoms with van der Waals surface area (Å²) in [6, 6.07) is 15.2. The average molecular weight is 585 g/mol. The molecule has 4 rings (SSSR count). The molecule has 4 aromatic rings. The van der Waals surface area contributed by atoms with Gasteiger partial charge in [0.25, 0.3) is 0 Å². The van der Waals surface area contributed by atoms with Crippen molar-refractivity contribution in [1.29, 1.82) is 0 Å². The van der Waals surface area contributed by atoms with Gasteiger partial charge in [-0.05, 0) is 60.4 Å². The largest absolute Gasteiger partial charge is 0.444 e. The highest BCUT2D eigenvalue weighted by molar-refractivity contribution is 9.10. The fourth-order valence-electron chi connectivity index (χ4n) is 3.85. The van der Waals surface area contributed by atoms with Crippen LogP contribution in [0, 0.1) is 0 Å². The van der Waals surface area contributed by atoms with Gasteiger partial charge in [0, 0.05) is 25.4 Å². The molecule has 8 nitrogen and oxygen atoms in total. The lowest BCUT2D eigenvalue weighted by molar-refractivity contribution is 0.0635. The number of hydrogen-bond donors (Lipinski definition) is 2. The van der Waals surface area contributed by atoms with Crippen molar-refractivity contribution in [3.63, 3.8) is 0 Å². The second-order valence-electron chi connectivity index (χ2n) is 11.1. The summed E-state index contributed by atoms with van der Waals surface area (Å²) in [5.74, 6) is 0.297. The fraction of sp³-hybridized carbons (Fsp3) is 0.370. The van der Waals surface area contributed by atoms with Gasteiger partial charge in [-0.3, -0.25) is 10.3 Å². The number of carbonyl (C=O) groups excluding carboxylic acids is 1. The predicted octanol–water partition coefficient (Wildman–Crippen LogP) is 7.52. The number of hydrogen-bond acceptors (Lipinski definition) is 5. The van der Waals surface area contributed by atoms with Crippen LogP contribution in [0.15, 0.2) is 53.1 Å². The second-order valence-corrected chi connectivity index (χ2v) is 17.6. The Kier molecular flexibility index (Phi) is 7.91. The highest BCUT2D eigenvalue weighted by Crippen LogP contribution is 2.37. The summed E-state index contributed by atoms with van der Waals surface area (Å²) in [5, 5.41) is 2.69. The number of halogens is 1. The molecule has 0 spiro atoms. The molecule has 0 saturated heterocycles. The number of aromatic nitrogens is 4. The van der Waals surface area contributed by atoms with Crippen LogP contribution in [-0.4, -0.2) is 45.9 Å². The van der Waals surface area contributed by atoms with Gasteiger partial charge >= 0.3 is 6.09 Å². The van der Waals surface area contributed by atoms with E-state index in [1.807, 2.05) is 51.1 Å². The van der Waals surface area contributed by atoms with Gasteiger partial charge in [0.05, 0.1) is 16.9 Å². The highest BCUT2D eigenvalue weighted by Gasteiger charge is 2.22. The van der Waals surface area contributed by atoms with Crippen LogP contribution in [0.1, 0.15) is 20.8 Å². The first-order valence-electron chi connectivity index (χ1n) is 12.3. The predicted molar refractivity (Wildman–Crippen MR) is 154 cm³/mol. The summed E-state index contributed by atoms with van der Waals surface area (Å²) in [6.45, 7) is 13.5. The van der Waals surface area contributed by atoms with Gasteiger partial charge in [0.1, 0.15) is 23.5 Å². The number of carbonyl (C=O) groups is 1. The number of fused-ring (bicyclic) bond motifs is 1. The molecular weight excluding hydrogens is 550 g/mol. The van der Waals surface area contributed by atoms with Gasteiger partial charge in [-0.25, -0.2) is 9.78 Å². The number of imidazole rings is 1. The SMILES string of the molecule is CC(C)(C)OC(=O)Nc1nc2c(-c3cc(Br)c(-c4ccccc4)n3COCC[Si](C)(C)C)nccc2[nH]1. The minimum atomic E-state index is -1.22. The minimum Gasteiger partial charge on any atom is -0.444 e. The maximum Gasteiger partial charge on any atom is 0.414 e. The Morgan fingerprint density at radius 3 is 2.57 bits per heavy atom. The molecule has 3 aromatic heterocycles. The van der Waals surface area contributed by atoms with Crippen molar-refractivity contribution >= 4 is 47.1 Å². The van der Waals surface area contributed by atoms with E-state index in [9.17, 15) is 4.79 Å². The van der Waals surface area contributed by atoms with Crippen molar-refractivity contribution in [2.45, 2.75) is 58.8 Å². The third-order valence-corrected chi connectivity index (χ3v) is 7.89. The Balaban J connectivity index is 1.73. The standard InChI is InChI=1S/C27H34BrN5O3Si/c1-27(2,3)36-26(34)32-25-30-20-12-13-29-23(22(20)31-25)21-16-19(28)24(18-10-8-7-9-11-18)33(21)17-35-14-15-37(4,5)6/h7-13,16H,14-15,17H2,1-6H3,(H2,30,31,32,34). The number of benzene rings is 1. The van der Waals surface area contributed by atoms with E-state index in [-0.39, 0.29) is 0 Å². The Morgan fingerprint density at radius 2 is 1.89 bits per heavy atom. The van der Waals surface area contributed by atoms with Gasteiger partial charge in [-0.2, -0.15) is 0 Å². The van der Waals surface area contributed by atoms with E-state index in [0.717, 1.165) is 33.0 Å². The lowest BCUT2D eigenvalue weighted by Gasteiger charge is -2.18. The summed E-state index contributed by atoms with van der Waals surface area (Å²) in [5.41, 5.74) is 4.39. The zero-order chi connectivity index (χ0) is 26.8. The Morgan fingerprint density at radius 1 is 1.16 bits per heavy atom. The number of pyridine rings is 1. The molecule has 2 N–H and O–H groups in total. The fourth-order valence-corrected chi connectivity index (χ4v) is 5.27. The van der Waals surface area contributed by atoms with Crippen molar-refractivity contribution in [3.8, 4) is 22.6 Å². The van der Waals surface area contributed by atoms with E-state index in [4.69, 9.17) is 9.47 Å². The van der Waals surface area contributed by atoms with Gasteiger partial charge in [-0.15, -0.1) is 0 Å². The van der Waals surface area contributed by atoms with E-state index >= 15 is 0 Å². The molecule has 10 heteroatoms. The first kappa shape index (κ1) is 27.1. The molecule has 1 amide bonds. The number of H-pyrrole nitrogens is 1. The quantitative estimate of drug-likeness (QED) is 0.165. The monoisotopic (exact) mass is 583 g/mol. The van der Waals surface area contributed by atoms with E-state index < -0.39 is 19.8 Å². The molecule has 0 unspecified atom stereocenters. The van der Waals surface area contributed by atoms with E-state index in [1.165, 1.54) is 0 Å². The molecule has 0 atom stereocenters. The van der Waals surface area contributed by atoms with Crippen LogP contribution in [0.3, 0.4) is 0 Å². The lowest BCUT2D eigenvalue weighted by atomic mass is 10.1. The zero-order valence-electron chi connectivity index (χ0n) is 22.2. The molecule has 0 fully saturated rings. The number of ether oxygens (including phenoxy) is 2. The number of nitrogens with zero attached hydrogens (tertiary/aromatic N) is 3. The van der Waals surface area contributed by atoms with Crippen LogP contribution in [0.25, 0.3) is 33.7 Å². The van der Waals surface area contributed by atoms with Crippen LogP contribution in [-0.2, 0) is 16.2 Å². The summed E-state index contributed by atoms with van der Waals surface area (Å²) < 4.78 is 14.6. The second kappa shape index (κ2) is 10.8. The topological polar surface area (TPSA) is 94.1 Å². The van der Waals surface area contributed by atoms with E-state index in [0.29, 0.717) is 30.5 Å². The third-order valence-electron chi connectivity index (χ3n) is 5.58. The minimum absolute atomic E-state index is 0.297. The Hall–Kier alpha value is -2.95. The van der Waals surface area contributed by atoms with Crippen LogP contribution in [0.5, 0.6) is 0 Å². The molecule has 37 heavy (non-hydrogen) atoms. The van der Waals surface area contributed by atoms with Crippen molar-refractivity contribution in [1.82, 2.24) is 19.5 Å². The molecule has 196 valence electrons. The summed E-state index contributed by atoms with van der Waals surface area (Å²) in [7, 11) is -1.22. The molecule has 1 aromatic carbocycles. The maximum atomic E-state index is 12.3.